The van der Waals surface area contributed by atoms with Crippen molar-refractivity contribution < 1.29 is 4.52 Å². The van der Waals surface area contributed by atoms with Gasteiger partial charge >= 0.3 is 0 Å². The highest BCUT2D eigenvalue weighted by Crippen LogP contribution is 2.13. The van der Waals surface area contributed by atoms with Crippen molar-refractivity contribution in [1.82, 2.24) is 20.4 Å². The van der Waals surface area contributed by atoms with Crippen LogP contribution in [-0.2, 0) is 13.1 Å². The summed E-state index contributed by atoms with van der Waals surface area (Å²) in [5.74, 6) is 0.672. The van der Waals surface area contributed by atoms with Crippen LogP contribution >= 0.6 is 0 Å². The van der Waals surface area contributed by atoms with E-state index in [0.717, 1.165) is 12.1 Å². The van der Waals surface area contributed by atoms with E-state index in [2.05, 4.69) is 49.2 Å². The van der Waals surface area contributed by atoms with Crippen LogP contribution < -0.4 is 5.32 Å². The summed E-state index contributed by atoms with van der Waals surface area (Å²) in [4.78, 5) is 7.14. The molecular formula is C12H12N4O. The van der Waals surface area contributed by atoms with E-state index >= 15 is 0 Å². The summed E-state index contributed by atoms with van der Waals surface area (Å²) in [5, 5.41) is 8.23. The minimum atomic E-state index is 0.610. The third-order valence-electron chi connectivity index (χ3n) is 2.64. The molecule has 3 aromatic rings. The lowest BCUT2D eigenvalue weighted by Crippen LogP contribution is -2.13. The Morgan fingerprint density at radius 3 is 3.12 bits per heavy atom. The van der Waals surface area contributed by atoms with Gasteiger partial charge in [-0.25, -0.2) is 0 Å². The Morgan fingerprint density at radius 2 is 2.24 bits per heavy atom. The number of hydrogen-bond donors (Lipinski definition) is 2. The van der Waals surface area contributed by atoms with Crippen LogP contribution in [0.4, 0.5) is 0 Å². The maximum absolute atomic E-state index is 4.66. The Balaban J connectivity index is 1.64. The molecule has 2 heterocycles. The average Bonchev–Trinajstić information content (AvgIpc) is 2.98. The Kier molecular flexibility index (Phi) is 2.59. The van der Waals surface area contributed by atoms with E-state index < -0.39 is 0 Å². The molecule has 2 N–H and O–H groups in total. The molecule has 0 bridgehead atoms. The molecule has 2 aromatic heterocycles. The summed E-state index contributed by atoms with van der Waals surface area (Å²) in [6.45, 7) is 1.39. The van der Waals surface area contributed by atoms with Crippen LogP contribution in [-0.4, -0.2) is 15.1 Å². The number of nitrogens with one attached hydrogen (secondary N) is 2. The van der Waals surface area contributed by atoms with Crippen molar-refractivity contribution in [1.29, 1.82) is 0 Å². The lowest BCUT2D eigenvalue weighted by atomic mass is 10.1. The van der Waals surface area contributed by atoms with Crippen molar-refractivity contribution in [3.05, 3.63) is 48.2 Å². The molecule has 5 heteroatoms. The molecule has 0 unspecified atom stereocenters. The third-order valence-corrected chi connectivity index (χ3v) is 2.64. The van der Waals surface area contributed by atoms with Crippen LogP contribution in [0.3, 0.4) is 0 Å². The summed E-state index contributed by atoms with van der Waals surface area (Å²) in [5.41, 5.74) is 2.38. The SMILES string of the molecule is c1cc2ccc(CNCc3ncon3)cc2[nH]1. The van der Waals surface area contributed by atoms with E-state index in [-0.39, 0.29) is 0 Å². The topological polar surface area (TPSA) is 66.7 Å². The second-order valence-corrected chi connectivity index (χ2v) is 3.85. The van der Waals surface area contributed by atoms with Crippen LogP contribution in [0.15, 0.2) is 41.4 Å². The largest absolute Gasteiger partial charge is 0.361 e. The highest BCUT2D eigenvalue weighted by Gasteiger charge is 1.99. The number of hydrogen-bond acceptors (Lipinski definition) is 4. The summed E-state index contributed by atoms with van der Waals surface area (Å²) >= 11 is 0. The molecule has 0 spiro atoms. The lowest BCUT2D eigenvalue weighted by Gasteiger charge is -2.02. The Morgan fingerprint density at radius 1 is 1.24 bits per heavy atom. The predicted octanol–water partition coefficient (Wildman–Crippen LogP) is 1.84. The van der Waals surface area contributed by atoms with Gasteiger partial charge in [-0.1, -0.05) is 17.3 Å². The number of fused-ring (bicyclic) bond motifs is 1. The van der Waals surface area contributed by atoms with Crippen molar-refractivity contribution in [2.75, 3.05) is 0 Å². The van der Waals surface area contributed by atoms with Gasteiger partial charge in [-0.05, 0) is 23.1 Å². The van der Waals surface area contributed by atoms with Gasteiger partial charge in [0.25, 0.3) is 0 Å². The van der Waals surface area contributed by atoms with E-state index in [1.54, 1.807) is 0 Å². The Hall–Kier alpha value is -2.14. The van der Waals surface area contributed by atoms with Crippen LogP contribution in [0, 0.1) is 0 Å². The number of H-pyrrole nitrogens is 1. The molecule has 0 radical (unpaired) electrons. The van der Waals surface area contributed by atoms with E-state index in [9.17, 15) is 0 Å². The van der Waals surface area contributed by atoms with E-state index in [0.29, 0.717) is 12.4 Å². The number of aromatic nitrogens is 3. The van der Waals surface area contributed by atoms with Gasteiger partial charge in [0.05, 0.1) is 6.54 Å². The Labute approximate surface area is 97.8 Å². The standard InChI is InChI=1S/C12H12N4O/c1-2-10-3-4-14-11(10)5-9(1)6-13-7-12-15-8-17-16-12/h1-5,8,13-14H,6-7H2. The van der Waals surface area contributed by atoms with Crippen molar-refractivity contribution in [2.24, 2.45) is 0 Å². The lowest BCUT2D eigenvalue weighted by molar-refractivity contribution is 0.407. The smallest absolute Gasteiger partial charge is 0.213 e. The molecule has 17 heavy (non-hydrogen) atoms. The molecule has 86 valence electrons. The summed E-state index contributed by atoms with van der Waals surface area (Å²) in [6.07, 6.45) is 3.28. The van der Waals surface area contributed by atoms with Crippen LogP contribution in [0.1, 0.15) is 11.4 Å². The molecular weight excluding hydrogens is 216 g/mol. The number of benzene rings is 1. The highest BCUT2D eigenvalue weighted by atomic mass is 16.5. The van der Waals surface area contributed by atoms with Crippen LogP contribution in [0.25, 0.3) is 10.9 Å². The van der Waals surface area contributed by atoms with E-state index in [4.69, 9.17) is 0 Å². The van der Waals surface area contributed by atoms with Gasteiger partial charge in [0.1, 0.15) is 0 Å². The first kappa shape index (κ1) is 10.0. The third kappa shape index (κ3) is 2.19. The van der Waals surface area contributed by atoms with Gasteiger partial charge in [-0.15, -0.1) is 0 Å². The zero-order valence-electron chi connectivity index (χ0n) is 9.18. The first-order valence-corrected chi connectivity index (χ1v) is 5.44. The minimum absolute atomic E-state index is 0.610. The van der Waals surface area contributed by atoms with Crippen LogP contribution in [0.5, 0.6) is 0 Å². The maximum Gasteiger partial charge on any atom is 0.213 e. The highest BCUT2D eigenvalue weighted by molar-refractivity contribution is 5.79. The normalized spacial score (nSPS) is 11.1. The number of rotatable bonds is 4. The average molecular weight is 228 g/mol. The fraction of sp³-hybridized carbons (Fsp3) is 0.167. The summed E-state index contributed by atoms with van der Waals surface area (Å²) < 4.78 is 4.66. The molecule has 5 nitrogen and oxygen atoms in total. The summed E-state index contributed by atoms with van der Waals surface area (Å²) in [6, 6.07) is 8.42. The van der Waals surface area contributed by atoms with Gasteiger partial charge in [-0.3, -0.25) is 0 Å². The molecule has 0 saturated carbocycles. The molecule has 0 saturated heterocycles. The number of aromatic amines is 1. The van der Waals surface area contributed by atoms with Gasteiger partial charge in [0, 0.05) is 18.3 Å². The predicted molar refractivity (Wildman–Crippen MR) is 63.1 cm³/mol. The second kappa shape index (κ2) is 4.39. The molecule has 0 aliphatic rings. The maximum atomic E-state index is 4.66. The number of nitrogens with zero attached hydrogens (tertiary/aromatic N) is 2. The van der Waals surface area contributed by atoms with Gasteiger partial charge < -0.3 is 14.8 Å². The fourth-order valence-electron chi connectivity index (χ4n) is 1.79. The fourth-order valence-corrected chi connectivity index (χ4v) is 1.79. The second-order valence-electron chi connectivity index (χ2n) is 3.85. The van der Waals surface area contributed by atoms with Crippen molar-refractivity contribution >= 4 is 10.9 Å². The first-order chi connectivity index (χ1) is 8.42. The van der Waals surface area contributed by atoms with E-state index in [1.165, 1.54) is 17.3 Å². The minimum Gasteiger partial charge on any atom is -0.361 e. The molecule has 0 aliphatic heterocycles. The molecule has 0 fully saturated rings. The molecule has 1 aromatic carbocycles. The molecule has 3 rings (SSSR count). The monoisotopic (exact) mass is 228 g/mol. The van der Waals surface area contributed by atoms with Crippen LogP contribution in [0.2, 0.25) is 0 Å². The van der Waals surface area contributed by atoms with Gasteiger partial charge in [0.2, 0.25) is 6.39 Å². The molecule has 0 atom stereocenters. The Bertz CT molecular complexity index is 600. The first-order valence-electron chi connectivity index (χ1n) is 5.44. The van der Waals surface area contributed by atoms with Gasteiger partial charge in [0.15, 0.2) is 5.82 Å². The zero-order valence-corrected chi connectivity index (χ0v) is 9.18. The quantitative estimate of drug-likeness (QED) is 0.715. The molecule has 0 aliphatic carbocycles. The van der Waals surface area contributed by atoms with Crippen molar-refractivity contribution in [2.45, 2.75) is 13.1 Å². The van der Waals surface area contributed by atoms with Gasteiger partial charge in [-0.2, -0.15) is 4.98 Å². The zero-order chi connectivity index (χ0) is 11.5. The van der Waals surface area contributed by atoms with Crippen molar-refractivity contribution in [3.8, 4) is 0 Å². The summed E-state index contributed by atoms with van der Waals surface area (Å²) in [7, 11) is 0. The van der Waals surface area contributed by atoms with E-state index in [1.807, 2.05) is 6.20 Å². The van der Waals surface area contributed by atoms with Crippen molar-refractivity contribution in [3.63, 3.8) is 0 Å². The molecule has 0 amide bonds.